The van der Waals surface area contributed by atoms with Crippen molar-refractivity contribution in [2.45, 2.75) is 0 Å². The van der Waals surface area contributed by atoms with Gasteiger partial charge < -0.3 is 10.8 Å². The third kappa shape index (κ3) is 1.79. The average molecular weight is 197 g/mol. The summed E-state index contributed by atoms with van der Waals surface area (Å²) < 4.78 is 0. The van der Waals surface area contributed by atoms with E-state index in [1.165, 1.54) is 19.2 Å². The van der Waals surface area contributed by atoms with E-state index in [-0.39, 0.29) is 21.9 Å². The third-order valence-electron chi connectivity index (χ3n) is 1.64. The van der Waals surface area contributed by atoms with Gasteiger partial charge in [-0.15, -0.1) is 0 Å². The molecule has 0 fully saturated rings. The van der Waals surface area contributed by atoms with Crippen LogP contribution >= 0.6 is 0 Å². The van der Waals surface area contributed by atoms with Crippen molar-refractivity contribution < 1.29 is 19.7 Å². The molecule has 1 aromatic rings. The van der Waals surface area contributed by atoms with E-state index in [1.807, 2.05) is 0 Å². The van der Waals surface area contributed by atoms with E-state index in [0.717, 1.165) is 6.07 Å². The lowest BCUT2D eigenvalue weighted by molar-refractivity contribution is -0.736. The number of benzene rings is 1. The van der Waals surface area contributed by atoms with E-state index < -0.39 is 5.97 Å². The first-order valence-electron chi connectivity index (χ1n) is 3.70. The van der Waals surface area contributed by atoms with Crippen LogP contribution in [0, 0.1) is 4.91 Å². The molecule has 1 aromatic carbocycles. The fourth-order valence-corrected chi connectivity index (χ4v) is 0.948. The highest BCUT2D eigenvalue weighted by molar-refractivity contribution is 5.94. The molecule has 0 heterocycles. The van der Waals surface area contributed by atoms with Crippen molar-refractivity contribution >= 4 is 17.3 Å². The number of nitrogens with two attached hydrogens (primary N) is 1. The summed E-state index contributed by atoms with van der Waals surface area (Å²) in [6.45, 7) is 0. The predicted molar refractivity (Wildman–Crippen MR) is 48.1 cm³/mol. The lowest BCUT2D eigenvalue weighted by Gasteiger charge is -1.98. The normalized spacial score (nSPS) is 9.50. The van der Waals surface area contributed by atoms with E-state index in [0.29, 0.717) is 0 Å². The van der Waals surface area contributed by atoms with Gasteiger partial charge in [0.2, 0.25) is 0 Å². The van der Waals surface area contributed by atoms with E-state index in [4.69, 9.17) is 10.8 Å². The van der Waals surface area contributed by atoms with E-state index in [9.17, 15) is 9.70 Å². The molecule has 0 spiro atoms. The molecule has 0 aliphatic heterocycles. The zero-order valence-electron chi connectivity index (χ0n) is 7.43. The minimum atomic E-state index is -1.19. The summed E-state index contributed by atoms with van der Waals surface area (Å²) in [6, 6.07) is 3.86. The quantitative estimate of drug-likeness (QED) is 0.555. The molecule has 0 saturated heterocycles. The zero-order valence-corrected chi connectivity index (χ0v) is 7.43. The van der Waals surface area contributed by atoms with Gasteiger partial charge in [-0.3, -0.25) is 0 Å². The topological polar surface area (TPSA) is 92.6 Å². The summed E-state index contributed by atoms with van der Waals surface area (Å²) in [6.07, 6.45) is 0. The van der Waals surface area contributed by atoms with Crippen LogP contribution in [0.2, 0.25) is 0 Å². The van der Waals surface area contributed by atoms with E-state index in [2.05, 4.69) is 4.84 Å². The van der Waals surface area contributed by atoms with Gasteiger partial charge in [-0.2, -0.15) is 0 Å². The molecular weight excluding hydrogens is 188 g/mol. The molecule has 1 rings (SSSR count). The summed E-state index contributed by atoms with van der Waals surface area (Å²) in [5, 5.41) is 8.70. The Bertz CT molecular complexity index is 389. The second-order valence-corrected chi connectivity index (χ2v) is 2.52. The maximum Gasteiger partial charge on any atom is 0.338 e. The number of nitrogen functional groups attached to an aromatic ring is 1. The molecule has 0 atom stereocenters. The molecule has 0 unspecified atom stereocenters. The summed E-state index contributed by atoms with van der Waals surface area (Å²) >= 11 is 0. The summed E-state index contributed by atoms with van der Waals surface area (Å²) in [7, 11) is 1.18. The molecule has 0 saturated carbocycles. The molecule has 3 N–H and O–H groups in total. The van der Waals surface area contributed by atoms with E-state index in [1.54, 1.807) is 0 Å². The number of rotatable bonds is 3. The van der Waals surface area contributed by atoms with Gasteiger partial charge in [0, 0.05) is 17.8 Å². The van der Waals surface area contributed by atoms with Crippen molar-refractivity contribution in [3.05, 3.63) is 28.7 Å². The van der Waals surface area contributed by atoms with Crippen molar-refractivity contribution in [2.24, 2.45) is 0 Å². The third-order valence-corrected chi connectivity index (χ3v) is 1.64. The number of carboxylic acids is 1. The molecular formula is C8H9N2O4+. The molecule has 0 aromatic heterocycles. The largest absolute Gasteiger partial charge is 0.478 e. The van der Waals surface area contributed by atoms with Gasteiger partial charge in [0.15, 0.2) is 7.11 Å². The van der Waals surface area contributed by atoms with Crippen LogP contribution in [0.15, 0.2) is 18.2 Å². The maximum absolute atomic E-state index is 11.0. The average Bonchev–Trinajstić information content (AvgIpc) is 2.17. The summed E-state index contributed by atoms with van der Waals surface area (Å²) in [5.74, 6) is -1.19. The van der Waals surface area contributed by atoms with Crippen molar-refractivity contribution in [1.29, 1.82) is 0 Å². The zero-order chi connectivity index (χ0) is 10.7. The lowest BCUT2D eigenvalue weighted by Crippen LogP contribution is -2.05. The van der Waals surface area contributed by atoms with Crippen molar-refractivity contribution in [2.75, 3.05) is 12.8 Å². The molecule has 0 amide bonds. The highest BCUT2D eigenvalue weighted by Crippen LogP contribution is 2.19. The number of carbonyl (C=O) groups is 1. The predicted octanol–water partition coefficient (Wildman–Crippen LogP) is 0.939. The van der Waals surface area contributed by atoms with Gasteiger partial charge in [-0.05, 0) is 6.07 Å². The Morgan fingerprint density at radius 3 is 2.71 bits per heavy atom. The van der Waals surface area contributed by atoms with Crippen LogP contribution in [0.5, 0.6) is 0 Å². The minimum absolute atomic E-state index is 0.0825. The first-order valence-corrected chi connectivity index (χ1v) is 3.70. The number of nitrogens with zero attached hydrogens (tertiary/aromatic N) is 1. The smallest absolute Gasteiger partial charge is 0.338 e. The fraction of sp³-hybridized carbons (Fsp3) is 0.125. The molecule has 14 heavy (non-hydrogen) atoms. The van der Waals surface area contributed by atoms with Crippen molar-refractivity contribution in [3.63, 3.8) is 0 Å². The van der Waals surface area contributed by atoms with Crippen LogP contribution in [0.1, 0.15) is 10.4 Å². The van der Waals surface area contributed by atoms with E-state index >= 15 is 0 Å². The number of hydrogen-bond donors (Lipinski definition) is 2. The monoisotopic (exact) mass is 197 g/mol. The van der Waals surface area contributed by atoms with Crippen molar-refractivity contribution in [3.8, 4) is 0 Å². The first kappa shape index (κ1) is 9.97. The molecule has 0 bridgehead atoms. The van der Waals surface area contributed by atoms with Crippen LogP contribution < -0.4 is 5.73 Å². The summed E-state index contributed by atoms with van der Waals surface area (Å²) in [4.78, 5) is 26.2. The Hall–Kier alpha value is -2.11. The highest BCUT2D eigenvalue weighted by atomic mass is 16.8. The van der Waals surface area contributed by atoms with Gasteiger partial charge in [-0.25, -0.2) is 9.63 Å². The molecule has 6 nitrogen and oxygen atoms in total. The standard InChI is InChI=1S/C8H8N2O4/c1-14-10(13)5-2-3-7(9)6(4-5)8(11)12/h2-4H,1H3,(H2-,9,11,12,13)/p+1. The minimum Gasteiger partial charge on any atom is -0.478 e. The number of anilines is 1. The van der Waals surface area contributed by atoms with Crippen LogP contribution in [0.4, 0.5) is 11.4 Å². The molecule has 0 aliphatic rings. The second-order valence-electron chi connectivity index (χ2n) is 2.52. The molecule has 0 aliphatic carbocycles. The Morgan fingerprint density at radius 2 is 2.21 bits per heavy atom. The SMILES string of the molecule is CO[N+](=O)c1ccc(N)c(C(=O)O)c1. The molecule has 0 radical (unpaired) electrons. The highest BCUT2D eigenvalue weighted by Gasteiger charge is 2.18. The van der Waals surface area contributed by atoms with Gasteiger partial charge in [0.05, 0.1) is 10.5 Å². The van der Waals surface area contributed by atoms with Gasteiger partial charge >= 0.3 is 11.7 Å². The molecule has 6 heteroatoms. The van der Waals surface area contributed by atoms with Crippen LogP contribution in [-0.4, -0.2) is 23.1 Å². The number of aromatic carboxylic acids is 1. The fourth-order valence-electron chi connectivity index (χ4n) is 0.948. The lowest BCUT2D eigenvalue weighted by atomic mass is 10.1. The van der Waals surface area contributed by atoms with Crippen molar-refractivity contribution in [1.82, 2.24) is 0 Å². The number of carboxylic acid groups (broad SMARTS) is 1. The Balaban J connectivity index is 3.19. The Kier molecular flexibility index (Phi) is 2.66. The van der Waals surface area contributed by atoms with Crippen LogP contribution in [0.3, 0.4) is 0 Å². The van der Waals surface area contributed by atoms with Gasteiger partial charge in [-0.1, -0.05) is 0 Å². The van der Waals surface area contributed by atoms with Gasteiger partial charge in [0.1, 0.15) is 0 Å². The second kappa shape index (κ2) is 3.73. The summed E-state index contributed by atoms with van der Waals surface area (Å²) in [5.41, 5.74) is 5.45. The van der Waals surface area contributed by atoms with Crippen LogP contribution in [-0.2, 0) is 4.84 Å². The maximum atomic E-state index is 11.0. The first-order chi connectivity index (χ1) is 6.56. The van der Waals surface area contributed by atoms with Gasteiger partial charge in [0.25, 0.3) is 4.92 Å². The molecule has 74 valence electrons. The Morgan fingerprint density at radius 1 is 1.57 bits per heavy atom. The number of hydrogen-bond acceptors (Lipinski definition) is 4. The Labute approximate surface area is 79.4 Å². The van der Waals surface area contributed by atoms with Crippen LogP contribution in [0.25, 0.3) is 0 Å².